The van der Waals surface area contributed by atoms with E-state index >= 15 is 0 Å². The van der Waals surface area contributed by atoms with Crippen molar-refractivity contribution in [3.05, 3.63) is 251 Å². The van der Waals surface area contributed by atoms with Crippen LogP contribution in [0.2, 0.25) is 5.02 Å². The Morgan fingerprint density at radius 3 is 1.16 bits per heavy atom. The maximum Gasteiger partial charge on any atom is 0.292 e. The molecule has 0 aliphatic rings. The van der Waals surface area contributed by atoms with Gasteiger partial charge in [0, 0.05) is 57.1 Å². The largest absolute Gasteiger partial charge is 0.459 e. The summed E-state index contributed by atoms with van der Waals surface area (Å²) in [5.41, 5.74) is 7.10. The van der Waals surface area contributed by atoms with Crippen LogP contribution in [0.1, 0.15) is 136 Å². The summed E-state index contributed by atoms with van der Waals surface area (Å²) in [5.74, 6) is 0.533. The van der Waals surface area contributed by atoms with Crippen molar-refractivity contribution >= 4 is 69.8 Å². The van der Waals surface area contributed by atoms with Crippen molar-refractivity contribution in [1.82, 2.24) is 79.0 Å². The number of thiophene rings is 1. The average Bonchev–Trinajstić information content (AvgIpc) is 1.58. The smallest absolute Gasteiger partial charge is 0.292 e. The van der Waals surface area contributed by atoms with Crippen molar-refractivity contribution in [2.75, 3.05) is 21.3 Å². The number of halogens is 2. The zero-order chi connectivity index (χ0) is 72.2. The second kappa shape index (κ2) is 31.8. The minimum absolute atomic E-state index is 0.0856. The highest BCUT2D eigenvalue weighted by molar-refractivity contribution is 7.12. The summed E-state index contributed by atoms with van der Waals surface area (Å²) in [6.07, 6.45) is 3.89. The summed E-state index contributed by atoms with van der Waals surface area (Å²) in [5, 5.41) is 30.6. The van der Waals surface area contributed by atoms with Gasteiger partial charge in [-0.15, -0.1) is 11.3 Å². The molecule has 0 unspecified atom stereocenters. The molecule has 0 bridgehead atoms. The number of anilines is 4. The molecular formula is C68H70ClFN20O9S. The van der Waals surface area contributed by atoms with Gasteiger partial charge in [0.05, 0.1) is 62.3 Å². The highest BCUT2D eigenvalue weighted by atomic mass is 35.5. The van der Waals surface area contributed by atoms with Crippen molar-refractivity contribution < 1.29 is 28.0 Å². The number of nitrogens with zero attached hydrogens (tertiary/aromatic N) is 12. The Bertz CT molecular complexity index is 5080. The molecular weight excluding hydrogens is 1330 g/mol. The Kier molecular flexibility index (Phi) is 23.0. The fourth-order valence-electron chi connectivity index (χ4n) is 9.83. The number of hydrogen-bond acceptors (Lipinski definition) is 18. The van der Waals surface area contributed by atoms with Crippen molar-refractivity contribution in [2.45, 2.75) is 109 Å². The number of aromatic amines is 4. The molecule has 0 saturated heterocycles. The van der Waals surface area contributed by atoms with Gasteiger partial charge in [0.15, 0.2) is 5.76 Å². The third-order valence-electron chi connectivity index (χ3n) is 15.1. The van der Waals surface area contributed by atoms with Crippen LogP contribution in [0, 0.1) is 61.2 Å². The number of amides is 4. The molecule has 100 heavy (non-hydrogen) atoms. The number of furan rings is 1. The lowest BCUT2D eigenvalue weighted by Gasteiger charge is -2.10. The zero-order valence-electron chi connectivity index (χ0n) is 56.4. The predicted molar refractivity (Wildman–Crippen MR) is 376 cm³/mol. The molecule has 2 aromatic carbocycles. The number of benzene rings is 2. The number of nitrogens with one attached hydrogen (secondary N) is 8. The van der Waals surface area contributed by atoms with Crippen LogP contribution in [0.5, 0.6) is 0 Å². The zero-order valence-corrected chi connectivity index (χ0v) is 58.0. The van der Waals surface area contributed by atoms with E-state index in [2.05, 4.69) is 81.5 Å². The summed E-state index contributed by atoms with van der Waals surface area (Å²) in [7, 11) is 0. The lowest BCUT2D eigenvalue weighted by molar-refractivity contribution is 0.0992. The van der Waals surface area contributed by atoms with Crippen LogP contribution in [-0.2, 0) is 25.7 Å². The van der Waals surface area contributed by atoms with E-state index in [9.17, 15) is 42.7 Å². The predicted octanol–water partition coefficient (Wildman–Crippen LogP) is 10.00. The molecule has 0 radical (unpaired) electrons. The molecule has 0 spiro atoms. The lowest BCUT2D eigenvalue weighted by Crippen LogP contribution is -2.21. The Morgan fingerprint density at radius 2 is 0.820 bits per heavy atom. The SMILES string of the molecule is CCc1nc(-n2nc(C)cc2NC(=O)c2ccc(Cl)cc2)[nH]c(=O)c1C.CCc1nc(-n2nc(C)cc2NC(=O)c2ccccc2F)[nH]c(=O)c1C.CCc1nc(-n2nc(C)cc2NC(=O)c2ccco2)[nH]c(=O)c1C.CCc1nc(-n2nc(C)cc2NC(=O)c2cccs2)[nH]c(=O)c1C. The van der Waals surface area contributed by atoms with E-state index in [0.717, 1.165) is 0 Å². The molecule has 12 rings (SSSR count). The third-order valence-corrected chi connectivity index (χ3v) is 16.2. The average molecular weight is 1400 g/mol. The van der Waals surface area contributed by atoms with Gasteiger partial charge in [-0.3, -0.25) is 58.3 Å². The number of aromatic nitrogens is 16. The van der Waals surface area contributed by atoms with Crippen LogP contribution in [0.25, 0.3) is 23.8 Å². The Hall–Kier alpha value is -12.1. The van der Waals surface area contributed by atoms with Gasteiger partial charge in [0.2, 0.25) is 23.8 Å². The molecule has 10 heterocycles. The van der Waals surface area contributed by atoms with Crippen molar-refractivity contribution in [1.29, 1.82) is 0 Å². The normalized spacial score (nSPS) is 10.8. The van der Waals surface area contributed by atoms with Gasteiger partial charge in [0.1, 0.15) is 29.1 Å². The van der Waals surface area contributed by atoms with E-state index in [1.807, 2.05) is 46.1 Å². The summed E-state index contributed by atoms with van der Waals surface area (Å²) in [4.78, 5) is 127. The third kappa shape index (κ3) is 17.0. The van der Waals surface area contributed by atoms with Gasteiger partial charge >= 0.3 is 0 Å². The number of H-pyrrole nitrogens is 4. The summed E-state index contributed by atoms with van der Waals surface area (Å²) < 4.78 is 24.5. The van der Waals surface area contributed by atoms with Crippen molar-refractivity contribution in [2.24, 2.45) is 0 Å². The van der Waals surface area contributed by atoms with Gasteiger partial charge in [-0.25, -0.2) is 24.3 Å². The van der Waals surface area contributed by atoms with Crippen LogP contribution >= 0.6 is 22.9 Å². The van der Waals surface area contributed by atoms with Crippen molar-refractivity contribution in [3.8, 4) is 23.8 Å². The molecule has 32 heteroatoms. The molecule has 10 aromatic heterocycles. The van der Waals surface area contributed by atoms with Crippen molar-refractivity contribution in [3.63, 3.8) is 0 Å². The monoisotopic (exact) mass is 1400 g/mol. The lowest BCUT2D eigenvalue weighted by atomic mass is 10.2. The Labute approximate surface area is 578 Å². The molecule has 12 aromatic rings. The fourth-order valence-corrected chi connectivity index (χ4v) is 10.6. The minimum atomic E-state index is -0.622. The number of carbonyl (C=O) groups excluding carboxylic acids is 4. The summed E-state index contributed by atoms with van der Waals surface area (Å²) in [6, 6.07) is 25.7. The van der Waals surface area contributed by atoms with Crippen LogP contribution < -0.4 is 43.5 Å². The van der Waals surface area contributed by atoms with Crippen LogP contribution in [0.4, 0.5) is 27.7 Å². The maximum absolute atomic E-state index is 13.8. The number of carbonyl (C=O) groups is 4. The molecule has 0 aliphatic carbocycles. The molecule has 516 valence electrons. The van der Waals surface area contributed by atoms with E-state index in [4.69, 9.17) is 16.0 Å². The second-order valence-corrected chi connectivity index (χ2v) is 23.7. The summed E-state index contributed by atoms with van der Waals surface area (Å²) in [6.45, 7) is 21.7. The second-order valence-electron chi connectivity index (χ2n) is 22.3. The highest BCUT2D eigenvalue weighted by Gasteiger charge is 2.22. The van der Waals surface area contributed by atoms with Crippen LogP contribution in [-0.4, -0.2) is 103 Å². The van der Waals surface area contributed by atoms with E-state index in [-0.39, 0.29) is 75.0 Å². The molecule has 4 amide bonds. The number of aryl methyl sites for hydroxylation is 8. The molecule has 29 nitrogen and oxygen atoms in total. The standard InChI is InChI=1S/C18H18ClN5O2.C18H18FN5O2.C16H17N5O3.C16H17N5O2S/c1-4-14-11(3)16(25)22-18(20-14)24-15(9-10(2)23-24)21-17(26)12-5-7-13(19)8-6-12;1-4-14-11(3)16(25)22-18(20-14)24-15(9-10(2)23-24)21-17(26)12-7-5-6-8-13(12)19;2*1-4-11-10(3)14(22)19-16(17-11)21-13(8-9(2)20-21)18-15(23)12-6-5-7-24-12/h2*5-9H,4H2,1-3H3,(H,21,26)(H,20,22,25);2*5-8H,4H2,1-3H3,(H,18,23)(H,17,19,22). The molecule has 0 atom stereocenters. The van der Waals surface area contributed by atoms with Gasteiger partial charge in [0.25, 0.3) is 45.9 Å². The van der Waals surface area contributed by atoms with Gasteiger partial charge in [-0.1, -0.05) is 57.5 Å². The number of hydrogen-bond donors (Lipinski definition) is 8. The van der Waals surface area contributed by atoms with Gasteiger partial charge < -0.3 is 25.7 Å². The maximum atomic E-state index is 13.8. The molecule has 8 N–H and O–H groups in total. The van der Waals surface area contributed by atoms with E-state index < -0.39 is 17.6 Å². The first-order valence-electron chi connectivity index (χ1n) is 31.3. The van der Waals surface area contributed by atoms with Gasteiger partial charge in [-0.05, 0) is 141 Å². The Balaban J connectivity index is 0.000000156. The van der Waals surface area contributed by atoms with Crippen LogP contribution in [0.3, 0.4) is 0 Å². The molecule has 0 fully saturated rings. The van der Waals surface area contributed by atoms with E-state index in [1.165, 1.54) is 54.5 Å². The summed E-state index contributed by atoms with van der Waals surface area (Å²) >= 11 is 7.21. The first-order valence-corrected chi connectivity index (χ1v) is 32.5. The van der Waals surface area contributed by atoms with E-state index in [0.29, 0.717) is 126 Å². The Morgan fingerprint density at radius 1 is 0.460 bits per heavy atom. The quantitative estimate of drug-likeness (QED) is 0.0446. The van der Waals surface area contributed by atoms with E-state index in [1.54, 1.807) is 121 Å². The minimum Gasteiger partial charge on any atom is -0.459 e. The number of rotatable bonds is 16. The first kappa shape index (κ1) is 72.2. The topological polar surface area (TPSA) is 384 Å². The fraction of sp³-hybridized carbons (Fsp3) is 0.235. The molecule has 0 saturated carbocycles. The first-order chi connectivity index (χ1) is 47.8. The van der Waals surface area contributed by atoms with Crippen LogP contribution in [0.15, 0.2) is 132 Å². The van der Waals surface area contributed by atoms with Gasteiger partial charge in [-0.2, -0.15) is 39.1 Å². The highest BCUT2D eigenvalue weighted by Crippen LogP contribution is 2.22. The molecule has 0 aliphatic heterocycles.